The van der Waals surface area contributed by atoms with E-state index in [1.165, 1.54) is 43.6 Å². The van der Waals surface area contributed by atoms with Crippen LogP contribution in [-0.2, 0) is 16.5 Å². The van der Waals surface area contributed by atoms with Crippen molar-refractivity contribution in [2.75, 3.05) is 0 Å². The Morgan fingerprint density at radius 1 is 0.333 bits per heavy atom. The number of aromatic amines is 2. The SMILES string of the molecule is [Ni].c1ccc2c(c1)[nH]c1ccccc12.c1ccc2c(c1)[nH]c1ccccc12. The van der Waals surface area contributed by atoms with Crippen LogP contribution in [0.5, 0.6) is 0 Å². The fourth-order valence-corrected chi connectivity index (χ4v) is 3.60. The van der Waals surface area contributed by atoms with E-state index in [0.717, 1.165) is 0 Å². The number of hydrogen-bond donors (Lipinski definition) is 2. The maximum absolute atomic E-state index is 3.38. The molecule has 6 rings (SSSR count). The normalized spacial score (nSPS) is 10.7. The van der Waals surface area contributed by atoms with Gasteiger partial charge in [-0.3, -0.25) is 0 Å². The number of nitrogens with one attached hydrogen (secondary N) is 2. The molecule has 0 unspecified atom stereocenters. The summed E-state index contributed by atoms with van der Waals surface area (Å²) in [6, 6.07) is 33.5. The van der Waals surface area contributed by atoms with Gasteiger partial charge in [0.1, 0.15) is 0 Å². The Morgan fingerprint density at radius 3 is 0.815 bits per heavy atom. The van der Waals surface area contributed by atoms with Crippen LogP contribution >= 0.6 is 0 Å². The third-order valence-corrected chi connectivity index (χ3v) is 4.83. The van der Waals surface area contributed by atoms with Crippen molar-refractivity contribution in [3.63, 3.8) is 0 Å². The molecule has 0 radical (unpaired) electrons. The monoisotopic (exact) mass is 392 g/mol. The molecule has 0 aliphatic rings. The van der Waals surface area contributed by atoms with E-state index in [1.807, 2.05) is 0 Å². The van der Waals surface area contributed by atoms with Gasteiger partial charge < -0.3 is 9.97 Å². The number of fused-ring (bicyclic) bond motifs is 6. The maximum atomic E-state index is 3.38. The van der Waals surface area contributed by atoms with Gasteiger partial charge in [0.15, 0.2) is 0 Å². The zero-order valence-electron chi connectivity index (χ0n) is 14.6. The summed E-state index contributed by atoms with van der Waals surface area (Å²) >= 11 is 0. The van der Waals surface area contributed by atoms with Gasteiger partial charge in [-0.2, -0.15) is 0 Å². The average molecular weight is 393 g/mol. The molecular weight excluding hydrogens is 375 g/mol. The van der Waals surface area contributed by atoms with Crippen molar-refractivity contribution in [2.45, 2.75) is 0 Å². The number of rotatable bonds is 0. The van der Waals surface area contributed by atoms with E-state index < -0.39 is 0 Å². The van der Waals surface area contributed by atoms with E-state index in [2.05, 4.69) is 107 Å². The Balaban J connectivity index is 0.000000129. The minimum Gasteiger partial charge on any atom is -0.355 e. The quantitative estimate of drug-likeness (QED) is 0.271. The van der Waals surface area contributed by atoms with Crippen LogP contribution in [-0.4, -0.2) is 9.97 Å². The van der Waals surface area contributed by atoms with Crippen molar-refractivity contribution in [3.8, 4) is 0 Å². The third kappa shape index (κ3) is 3.11. The van der Waals surface area contributed by atoms with Crippen LogP contribution in [0.2, 0.25) is 0 Å². The third-order valence-electron chi connectivity index (χ3n) is 4.83. The standard InChI is InChI=1S/2C12H9N.Ni/c2*1-3-7-11-9(5-1)10-6-2-4-8-12(10)13-11;/h2*1-8,13H;. The van der Waals surface area contributed by atoms with Gasteiger partial charge in [0, 0.05) is 60.1 Å². The predicted molar refractivity (Wildman–Crippen MR) is 112 cm³/mol. The van der Waals surface area contributed by atoms with Crippen LogP contribution in [0.15, 0.2) is 97.1 Å². The van der Waals surface area contributed by atoms with E-state index in [4.69, 9.17) is 0 Å². The van der Waals surface area contributed by atoms with Crippen molar-refractivity contribution in [2.24, 2.45) is 0 Å². The molecule has 0 aliphatic carbocycles. The second kappa shape index (κ2) is 7.30. The minimum atomic E-state index is 0. The van der Waals surface area contributed by atoms with Crippen molar-refractivity contribution in [1.29, 1.82) is 0 Å². The number of para-hydroxylation sites is 4. The molecule has 2 N–H and O–H groups in total. The Labute approximate surface area is 167 Å². The maximum Gasteiger partial charge on any atom is 0.0464 e. The molecule has 0 fully saturated rings. The molecule has 134 valence electrons. The first kappa shape index (κ1) is 17.4. The minimum absolute atomic E-state index is 0. The second-order valence-corrected chi connectivity index (χ2v) is 6.43. The molecule has 0 amide bonds. The van der Waals surface area contributed by atoms with E-state index in [1.54, 1.807) is 0 Å². The number of H-pyrrole nitrogens is 2. The van der Waals surface area contributed by atoms with E-state index in [0.29, 0.717) is 0 Å². The molecule has 0 saturated heterocycles. The number of hydrogen-bond acceptors (Lipinski definition) is 0. The fraction of sp³-hybridized carbons (Fsp3) is 0. The number of benzene rings is 4. The van der Waals surface area contributed by atoms with Crippen LogP contribution < -0.4 is 0 Å². The van der Waals surface area contributed by atoms with Gasteiger partial charge in [0.2, 0.25) is 0 Å². The van der Waals surface area contributed by atoms with Gasteiger partial charge in [0.05, 0.1) is 0 Å². The van der Waals surface area contributed by atoms with Gasteiger partial charge >= 0.3 is 0 Å². The van der Waals surface area contributed by atoms with Crippen molar-refractivity contribution in [1.82, 2.24) is 9.97 Å². The van der Waals surface area contributed by atoms with E-state index >= 15 is 0 Å². The van der Waals surface area contributed by atoms with Crippen LogP contribution in [0.25, 0.3) is 43.6 Å². The first-order valence-electron chi connectivity index (χ1n) is 8.81. The summed E-state index contributed by atoms with van der Waals surface area (Å²) in [5, 5.41) is 5.22. The molecule has 2 aromatic heterocycles. The van der Waals surface area contributed by atoms with Gasteiger partial charge in [-0.05, 0) is 24.3 Å². The van der Waals surface area contributed by atoms with E-state index in [9.17, 15) is 0 Å². The summed E-state index contributed by atoms with van der Waals surface area (Å²) in [7, 11) is 0. The van der Waals surface area contributed by atoms with Gasteiger partial charge in [0.25, 0.3) is 0 Å². The van der Waals surface area contributed by atoms with Crippen LogP contribution in [0.3, 0.4) is 0 Å². The molecule has 6 aromatic rings. The molecule has 0 saturated carbocycles. The molecule has 0 spiro atoms. The molecule has 27 heavy (non-hydrogen) atoms. The predicted octanol–water partition coefficient (Wildman–Crippen LogP) is 6.64. The molecule has 2 nitrogen and oxygen atoms in total. The van der Waals surface area contributed by atoms with E-state index in [-0.39, 0.29) is 16.5 Å². The smallest absolute Gasteiger partial charge is 0.0464 e. The second-order valence-electron chi connectivity index (χ2n) is 6.43. The summed E-state index contributed by atoms with van der Waals surface area (Å²) in [4.78, 5) is 6.76. The Morgan fingerprint density at radius 2 is 0.556 bits per heavy atom. The average Bonchev–Trinajstić information content (AvgIpc) is 3.27. The largest absolute Gasteiger partial charge is 0.355 e. The molecule has 4 aromatic carbocycles. The van der Waals surface area contributed by atoms with Crippen LogP contribution in [0.1, 0.15) is 0 Å². The first-order valence-corrected chi connectivity index (χ1v) is 8.81. The molecule has 2 heterocycles. The van der Waals surface area contributed by atoms with Crippen LogP contribution in [0, 0.1) is 0 Å². The molecule has 0 aliphatic heterocycles. The Kier molecular flexibility index (Phi) is 4.70. The van der Waals surface area contributed by atoms with Crippen LogP contribution in [0.4, 0.5) is 0 Å². The van der Waals surface area contributed by atoms with Gasteiger partial charge in [-0.1, -0.05) is 72.8 Å². The molecule has 3 heteroatoms. The summed E-state index contributed by atoms with van der Waals surface area (Å²) in [5.74, 6) is 0. The Hall–Kier alpha value is -3.03. The van der Waals surface area contributed by atoms with Gasteiger partial charge in [-0.25, -0.2) is 0 Å². The van der Waals surface area contributed by atoms with Gasteiger partial charge in [-0.15, -0.1) is 0 Å². The zero-order valence-corrected chi connectivity index (χ0v) is 15.5. The fourth-order valence-electron chi connectivity index (χ4n) is 3.60. The molecular formula is C24H18N2Ni. The zero-order chi connectivity index (χ0) is 17.3. The topological polar surface area (TPSA) is 31.6 Å². The summed E-state index contributed by atoms with van der Waals surface area (Å²) in [6.07, 6.45) is 0. The van der Waals surface area contributed by atoms with Crippen molar-refractivity contribution >= 4 is 43.6 Å². The summed E-state index contributed by atoms with van der Waals surface area (Å²) < 4.78 is 0. The number of aromatic nitrogens is 2. The summed E-state index contributed by atoms with van der Waals surface area (Å²) in [5.41, 5.74) is 4.85. The Bertz CT molecular complexity index is 1140. The molecule has 0 atom stereocenters. The summed E-state index contributed by atoms with van der Waals surface area (Å²) in [6.45, 7) is 0. The van der Waals surface area contributed by atoms with Crippen molar-refractivity contribution in [3.05, 3.63) is 97.1 Å². The van der Waals surface area contributed by atoms with Crippen molar-refractivity contribution < 1.29 is 16.5 Å². The first-order chi connectivity index (χ1) is 12.9. The molecule has 0 bridgehead atoms.